The molecule has 5 nitrogen and oxygen atoms in total. The molecule has 2 aliphatic heterocycles. The Morgan fingerprint density at radius 1 is 1.03 bits per heavy atom. The summed E-state index contributed by atoms with van der Waals surface area (Å²) < 4.78 is 39.1. The maximum atomic E-state index is 13.0. The molecule has 0 N–H and O–H groups in total. The van der Waals surface area contributed by atoms with Crippen LogP contribution in [-0.4, -0.2) is 45.9 Å². The minimum Gasteiger partial charge on any atom is -0.356 e. The van der Waals surface area contributed by atoms with Gasteiger partial charge in [-0.25, -0.2) is 9.97 Å². The van der Waals surface area contributed by atoms with E-state index in [0.29, 0.717) is 31.2 Å². The maximum absolute atomic E-state index is 13.0. The molecule has 0 radical (unpaired) electrons. The molecular formula is C21H29F3N4O. The molecule has 1 saturated carbocycles. The van der Waals surface area contributed by atoms with Gasteiger partial charge in [0.1, 0.15) is 17.8 Å². The number of likely N-dealkylation sites (tertiary alicyclic amines) is 1. The number of carbonyl (C=O) groups excluding carboxylic acids is 1. The molecule has 4 rings (SSSR count). The number of rotatable bonds is 3. The highest BCUT2D eigenvalue weighted by molar-refractivity contribution is 5.79. The summed E-state index contributed by atoms with van der Waals surface area (Å²) in [6.07, 6.45) is 6.74. The van der Waals surface area contributed by atoms with Crippen molar-refractivity contribution in [2.75, 3.05) is 24.5 Å². The molecule has 3 heterocycles. The Kier molecular flexibility index (Phi) is 5.71. The van der Waals surface area contributed by atoms with Gasteiger partial charge >= 0.3 is 6.18 Å². The predicted octanol–water partition coefficient (Wildman–Crippen LogP) is 4.43. The molecule has 29 heavy (non-hydrogen) atoms. The van der Waals surface area contributed by atoms with E-state index in [1.165, 1.54) is 32.1 Å². The quantitative estimate of drug-likeness (QED) is 0.740. The summed E-state index contributed by atoms with van der Waals surface area (Å²) in [6.45, 7) is 2.12. The van der Waals surface area contributed by atoms with Crippen molar-refractivity contribution in [1.82, 2.24) is 14.9 Å². The Balaban J connectivity index is 1.48. The Bertz CT molecular complexity index is 735. The lowest BCUT2D eigenvalue weighted by Crippen LogP contribution is -2.48. The normalized spacial score (nSPS) is 26.9. The van der Waals surface area contributed by atoms with Crippen LogP contribution < -0.4 is 4.90 Å². The number of carbonyl (C=O) groups is 1. The number of nitrogens with zero attached hydrogens (tertiary/aromatic N) is 4. The molecular weight excluding hydrogens is 381 g/mol. The van der Waals surface area contributed by atoms with Gasteiger partial charge in [-0.3, -0.25) is 4.79 Å². The molecule has 3 aliphatic rings. The predicted molar refractivity (Wildman–Crippen MR) is 103 cm³/mol. The third kappa shape index (κ3) is 4.36. The molecule has 1 amide bonds. The van der Waals surface area contributed by atoms with E-state index in [9.17, 15) is 18.0 Å². The summed E-state index contributed by atoms with van der Waals surface area (Å²) >= 11 is 0. The summed E-state index contributed by atoms with van der Waals surface area (Å²) in [7, 11) is 0. The molecule has 1 unspecified atom stereocenters. The molecule has 0 bridgehead atoms. The summed E-state index contributed by atoms with van der Waals surface area (Å²) in [5.74, 6) is 1.18. The SMILES string of the molecule is O=C1CCC2(CCCN(c3cc(C(F)(F)F)ncn3)CC2)N1CC1CCCCC1. The van der Waals surface area contributed by atoms with Gasteiger partial charge in [0.15, 0.2) is 0 Å². The molecule has 160 valence electrons. The highest BCUT2D eigenvalue weighted by atomic mass is 19.4. The molecule has 2 saturated heterocycles. The first-order chi connectivity index (χ1) is 13.9. The van der Waals surface area contributed by atoms with Gasteiger partial charge in [-0.15, -0.1) is 0 Å². The maximum Gasteiger partial charge on any atom is 0.433 e. The van der Waals surface area contributed by atoms with Crippen molar-refractivity contribution < 1.29 is 18.0 Å². The van der Waals surface area contributed by atoms with Crippen molar-refractivity contribution in [3.63, 3.8) is 0 Å². The second-order valence-electron chi connectivity index (χ2n) is 8.83. The first-order valence-corrected chi connectivity index (χ1v) is 10.8. The van der Waals surface area contributed by atoms with E-state index in [1.54, 1.807) is 0 Å². The van der Waals surface area contributed by atoms with Gasteiger partial charge in [0, 0.05) is 37.7 Å². The van der Waals surface area contributed by atoms with Crippen molar-refractivity contribution in [2.24, 2.45) is 5.92 Å². The van der Waals surface area contributed by atoms with Gasteiger partial charge in [0.2, 0.25) is 5.91 Å². The first kappa shape index (κ1) is 20.4. The molecule has 1 aromatic heterocycles. The van der Waals surface area contributed by atoms with Gasteiger partial charge in [0.25, 0.3) is 0 Å². The molecule has 1 spiro atoms. The van der Waals surface area contributed by atoms with Crippen molar-refractivity contribution in [3.8, 4) is 0 Å². The van der Waals surface area contributed by atoms with E-state index in [-0.39, 0.29) is 11.4 Å². The van der Waals surface area contributed by atoms with Crippen LogP contribution in [0, 0.1) is 5.92 Å². The molecule has 1 atom stereocenters. The standard InChI is InChI=1S/C21H29F3N4O/c22-21(23,24)17-13-18(26-15-25-17)27-11-4-8-20(10-12-27)9-7-19(29)28(20)14-16-5-2-1-3-6-16/h13,15-16H,1-12,14H2. The zero-order valence-electron chi connectivity index (χ0n) is 16.8. The molecule has 8 heteroatoms. The highest BCUT2D eigenvalue weighted by Gasteiger charge is 2.46. The fourth-order valence-corrected chi connectivity index (χ4v) is 5.40. The zero-order valence-corrected chi connectivity index (χ0v) is 16.8. The minimum atomic E-state index is -4.47. The number of hydrogen-bond donors (Lipinski definition) is 0. The average Bonchev–Trinajstić information content (AvgIpc) is 2.89. The van der Waals surface area contributed by atoms with Crippen LogP contribution in [0.4, 0.5) is 19.0 Å². The summed E-state index contributed by atoms with van der Waals surface area (Å²) in [5, 5.41) is 0. The van der Waals surface area contributed by atoms with E-state index in [0.717, 1.165) is 44.6 Å². The second-order valence-corrected chi connectivity index (χ2v) is 8.83. The Morgan fingerprint density at radius 2 is 1.83 bits per heavy atom. The molecule has 0 aromatic carbocycles. The smallest absolute Gasteiger partial charge is 0.356 e. The van der Waals surface area contributed by atoms with Crippen LogP contribution >= 0.6 is 0 Å². The van der Waals surface area contributed by atoms with Crippen molar-refractivity contribution >= 4 is 11.7 Å². The first-order valence-electron chi connectivity index (χ1n) is 10.8. The van der Waals surface area contributed by atoms with E-state index in [1.807, 2.05) is 4.90 Å². The van der Waals surface area contributed by atoms with Gasteiger partial charge < -0.3 is 9.80 Å². The largest absolute Gasteiger partial charge is 0.433 e. The third-order valence-corrected chi connectivity index (χ3v) is 7.03. The van der Waals surface area contributed by atoms with E-state index in [2.05, 4.69) is 14.9 Å². The fourth-order valence-electron chi connectivity index (χ4n) is 5.40. The van der Waals surface area contributed by atoms with Crippen molar-refractivity contribution in [2.45, 2.75) is 75.9 Å². The van der Waals surface area contributed by atoms with E-state index < -0.39 is 11.9 Å². The summed E-state index contributed by atoms with van der Waals surface area (Å²) in [4.78, 5) is 24.2. The van der Waals surface area contributed by atoms with Crippen LogP contribution in [0.1, 0.15) is 69.9 Å². The van der Waals surface area contributed by atoms with E-state index in [4.69, 9.17) is 0 Å². The monoisotopic (exact) mass is 410 g/mol. The number of aromatic nitrogens is 2. The molecule has 1 aliphatic carbocycles. The fraction of sp³-hybridized carbons (Fsp3) is 0.762. The number of halogens is 3. The third-order valence-electron chi connectivity index (χ3n) is 7.03. The molecule has 1 aromatic rings. The van der Waals surface area contributed by atoms with Crippen LogP contribution in [0.15, 0.2) is 12.4 Å². The van der Waals surface area contributed by atoms with Crippen LogP contribution in [-0.2, 0) is 11.0 Å². The molecule has 3 fully saturated rings. The van der Waals surface area contributed by atoms with Crippen LogP contribution in [0.5, 0.6) is 0 Å². The lowest BCUT2D eigenvalue weighted by atomic mass is 9.84. The Hall–Kier alpha value is -1.86. The van der Waals surface area contributed by atoms with Gasteiger partial charge in [-0.2, -0.15) is 13.2 Å². The topological polar surface area (TPSA) is 49.3 Å². The zero-order chi connectivity index (χ0) is 20.5. The second kappa shape index (κ2) is 8.11. The van der Waals surface area contributed by atoms with Crippen LogP contribution in [0.2, 0.25) is 0 Å². The minimum absolute atomic E-state index is 0.136. The van der Waals surface area contributed by atoms with Crippen LogP contribution in [0.25, 0.3) is 0 Å². The highest BCUT2D eigenvalue weighted by Crippen LogP contribution is 2.41. The number of amides is 1. The van der Waals surface area contributed by atoms with Crippen LogP contribution in [0.3, 0.4) is 0 Å². The lowest BCUT2D eigenvalue weighted by Gasteiger charge is -2.41. The average molecular weight is 410 g/mol. The Morgan fingerprint density at radius 3 is 2.59 bits per heavy atom. The lowest BCUT2D eigenvalue weighted by molar-refractivity contribution is -0.141. The van der Waals surface area contributed by atoms with Gasteiger partial charge in [0.05, 0.1) is 0 Å². The number of anilines is 1. The van der Waals surface area contributed by atoms with E-state index >= 15 is 0 Å². The number of alkyl halides is 3. The summed E-state index contributed by atoms with van der Waals surface area (Å²) in [5.41, 5.74) is -1.04. The summed E-state index contributed by atoms with van der Waals surface area (Å²) in [6, 6.07) is 1.04. The Labute approximate surface area is 169 Å². The van der Waals surface area contributed by atoms with Gasteiger partial charge in [-0.1, -0.05) is 19.3 Å². The van der Waals surface area contributed by atoms with Crippen molar-refractivity contribution in [3.05, 3.63) is 18.1 Å². The van der Waals surface area contributed by atoms with Gasteiger partial charge in [-0.05, 0) is 44.4 Å². The van der Waals surface area contributed by atoms with Crippen molar-refractivity contribution in [1.29, 1.82) is 0 Å². The number of hydrogen-bond acceptors (Lipinski definition) is 4.